The van der Waals surface area contributed by atoms with Crippen molar-refractivity contribution in [2.24, 2.45) is 0 Å². The highest BCUT2D eigenvalue weighted by atomic mass is 16.5. The molecule has 2 N–H and O–H groups in total. The molecule has 5 heteroatoms. The molecule has 1 unspecified atom stereocenters. The number of carbonyl (C=O) groups excluding carboxylic acids is 1. The van der Waals surface area contributed by atoms with Gasteiger partial charge in [0, 0.05) is 26.7 Å². The zero-order valence-electron chi connectivity index (χ0n) is 11.1. The van der Waals surface area contributed by atoms with E-state index in [-0.39, 0.29) is 17.8 Å². The topological polar surface area (TPSA) is 61.8 Å². The summed E-state index contributed by atoms with van der Waals surface area (Å²) in [6.45, 7) is 2.80. The highest BCUT2D eigenvalue weighted by Gasteiger charge is 2.19. The van der Waals surface area contributed by atoms with E-state index in [2.05, 4.69) is 5.32 Å². The number of nitrogens with one attached hydrogen (secondary N) is 1. The van der Waals surface area contributed by atoms with Crippen LogP contribution in [0, 0.1) is 0 Å². The molecule has 1 heterocycles. The molecule has 0 aliphatic carbocycles. The molecule has 104 valence electrons. The molecule has 1 fully saturated rings. The van der Waals surface area contributed by atoms with E-state index in [1.165, 1.54) is 0 Å². The third-order valence-electron chi connectivity index (χ3n) is 3.19. The summed E-state index contributed by atoms with van der Waals surface area (Å²) < 4.78 is 5.52. The Kier molecular flexibility index (Phi) is 4.76. The maximum Gasteiger partial charge on any atom is 0.225 e. The number of benzene rings is 1. The maximum atomic E-state index is 12.1. The smallest absolute Gasteiger partial charge is 0.225 e. The van der Waals surface area contributed by atoms with Gasteiger partial charge in [0.15, 0.2) is 0 Å². The summed E-state index contributed by atoms with van der Waals surface area (Å²) in [5.41, 5.74) is 0.997. The standard InChI is InChI=1S/C14H20N2O3/c1-16(10-11-2-4-12(17)5-3-11)14(18)8-13-9-15-6-7-19-13/h2-5,13,15,17H,6-10H2,1H3. The summed E-state index contributed by atoms with van der Waals surface area (Å²) in [6, 6.07) is 6.89. The predicted octanol–water partition coefficient (Wildman–Crippen LogP) is 0.729. The molecular weight excluding hydrogens is 244 g/mol. The fraction of sp³-hybridized carbons (Fsp3) is 0.500. The molecule has 1 aliphatic rings. The number of phenolic OH excluding ortho intramolecular Hbond substituents is 1. The fourth-order valence-corrected chi connectivity index (χ4v) is 2.06. The monoisotopic (exact) mass is 264 g/mol. The summed E-state index contributed by atoms with van der Waals surface area (Å²) in [5, 5.41) is 12.4. The van der Waals surface area contributed by atoms with Gasteiger partial charge >= 0.3 is 0 Å². The molecule has 1 atom stereocenters. The molecule has 19 heavy (non-hydrogen) atoms. The number of nitrogens with zero attached hydrogens (tertiary/aromatic N) is 1. The largest absolute Gasteiger partial charge is 0.508 e. The average molecular weight is 264 g/mol. The van der Waals surface area contributed by atoms with Gasteiger partial charge in [0.1, 0.15) is 5.75 Å². The van der Waals surface area contributed by atoms with Crippen LogP contribution in [0.15, 0.2) is 24.3 Å². The van der Waals surface area contributed by atoms with Gasteiger partial charge in [0.05, 0.1) is 19.1 Å². The van der Waals surface area contributed by atoms with Crippen LogP contribution in [0.1, 0.15) is 12.0 Å². The van der Waals surface area contributed by atoms with Crippen LogP contribution >= 0.6 is 0 Å². The molecule has 1 aromatic carbocycles. The Balaban J connectivity index is 1.83. The Bertz CT molecular complexity index is 413. The molecule has 2 rings (SSSR count). The first-order valence-corrected chi connectivity index (χ1v) is 6.49. The van der Waals surface area contributed by atoms with Crippen LogP contribution in [0.3, 0.4) is 0 Å². The van der Waals surface area contributed by atoms with Gasteiger partial charge < -0.3 is 20.1 Å². The molecular formula is C14H20N2O3. The van der Waals surface area contributed by atoms with Gasteiger partial charge in [0.2, 0.25) is 5.91 Å². The van der Waals surface area contributed by atoms with E-state index in [0.29, 0.717) is 19.6 Å². The Morgan fingerprint density at radius 2 is 2.21 bits per heavy atom. The van der Waals surface area contributed by atoms with E-state index in [1.807, 2.05) is 12.1 Å². The molecule has 0 spiro atoms. The van der Waals surface area contributed by atoms with Crippen molar-refractivity contribution in [3.63, 3.8) is 0 Å². The minimum atomic E-state index is -0.0245. The Morgan fingerprint density at radius 3 is 2.84 bits per heavy atom. The second kappa shape index (κ2) is 6.54. The van der Waals surface area contributed by atoms with Gasteiger partial charge in [-0.05, 0) is 17.7 Å². The molecule has 5 nitrogen and oxygen atoms in total. The average Bonchev–Trinajstić information content (AvgIpc) is 2.42. The number of rotatable bonds is 4. The van der Waals surface area contributed by atoms with Crippen molar-refractivity contribution in [2.45, 2.75) is 19.1 Å². The van der Waals surface area contributed by atoms with Crippen molar-refractivity contribution in [1.82, 2.24) is 10.2 Å². The van der Waals surface area contributed by atoms with E-state index < -0.39 is 0 Å². The number of ether oxygens (including phenoxy) is 1. The zero-order valence-corrected chi connectivity index (χ0v) is 11.1. The first-order chi connectivity index (χ1) is 9.15. The van der Waals surface area contributed by atoms with Crippen molar-refractivity contribution in [2.75, 3.05) is 26.7 Å². The van der Waals surface area contributed by atoms with Gasteiger partial charge in [-0.1, -0.05) is 12.1 Å². The quantitative estimate of drug-likeness (QED) is 0.841. The lowest BCUT2D eigenvalue weighted by molar-refractivity contribution is -0.133. The second-order valence-electron chi connectivity index (χ2n) is 4.82. The van der Waals surface area contributed by atoms with Crippen molar-refractivity contribution < 1.29 is 14.6 Å². The van der Waals surface area contributed by atoms with E-state index in [9.17, 15) is 9.90 Å². The molecule has 0 saturated carbocycles. The van der Waals surface area contributed by atoms with Gasteiger partial charge in [-0.25, -0.2) is 0 Å². The number of aromatic hydroxyl groups is 1. The third-order valence-corrected chi connectivity index (χ3v) is 3.19. The van der Waals surface area contributed by atoms with Crippen molar-refractivity contribution in [3.8, 4) is 5.75 Å². The Morgan fingerprint density at radius 1 is 1.47 bits per heavy atom. The second-order valence-corrected chi connectivity index (χ2v) is 4.82. The summed E-state index contributed by atoms with van der Waals surface area (Å²) in [7, 11) is 1.78. The Labute approximate surface area is 113 Å². The normalized spacial score (nSPS) is 19.1. The first-order valence-electron chi connectivity index (χ1n) is 6.49. The molecule has 0 bridgehead atoms. The van der Waals surface area contributed by atoms with Crippen LogP contribution in [-0.4, -0.2) is 48.8 Å². The zero-order chi connectivity index (χ0) is 13.7. The van der Waals surface area contributed by atoms with Crippen molar-refractivity contribution >= 4 is 5.91 Å². The lowest BCUT2D eigenvalue weighted by Gasteiger charge is -2.25. The van der Waals surface area contributed by atoms with Gasteiger partial charge in [-0.3, -0.25) is 4.79 Å². The number of morpholine rings is 1. The first kappa shape index (κ1) is 13.8. The van der Waals surface area contributed by atoms with Crippen LogP contribution < -0.4 is 5.32 Å². The van der Waals surface area contributed by atoms with E-state index in [0.717, 1.165) is 18.7 Å². The maximum absolute atomic E-state index is 12.1. The van der Waals surface area contributed by atoms with Crippen LogP contribution in [0.2, 0.25) is 0 Å². The third kappa shape index (κ3) is 4.22. The van der Waals surface area contributed by atoms with Crippen molar-refractivity contribution in [3.05, 3.63) is 29.8 Å². The lowest BCUT2D eigenvalue weighted by Crippen LogP contribution is -2.41. The van der Waals surface area contributed by atoms with Crippen molar-refractivity contribution in [1.29, 1.82) is 0 Å². The number of hydrogen-bond acceptors (Lipinski definition) is 4. The predicted molar refractivity (Wildman–Crippen MR) is 71.8 cm³/mol. The van der Waals surface area contributed by atoms with Gasteiger partial charge in [0.25, 0.3) is 0 Å². The Hall–Kier alpha value is -1.59. The highest BCUT2D eigenvalue weighted by molar-refractivity contribution is 5.76. The molecule has 1 aromatic rings. The van der Waals surface area contributed by atoms with E-state index >= 15 is 0 Å². The van der Waals surface area contributed by atoms with Gasteiger partial charge in [-0.2, -0.15) is 0 Å². The van der Waals surface area contributed by atoms with Crippen LogP contribution in [-0.2, 0) is 16.1 Å². The molecule has 1 amide bonds. The SMILES string of the molecule is CN(Cc1ccc(O)cc1)C(=O)CC1CNCCO1. The van der Waals surface area contributed by atoms with Gasteiger partial charge in [-0.15, -0.1) is 0 Å². The molecule has 1 saturated heterocycles. The number of carbonyl (C=O) groups is 1. The molecule has 0 aromatic heterocycles. The van der Waals surface area contributed by atoms with Crippen LogP contribution in [0.4, 0.5) is 0 Å². The number of phenols is 1. The lowest BCUT2D eigenvalue weighted by atomic mass is 10.1. The van der Waals surface area contributed by atoms with E-state index in [4.69, 9.17) is 4.74 Å². The number of amides is 1. The molecule has 1 aliphatic heterocycles. The molecule has 0 radical (unpaired) electrons. The summed E-state index contributed by atoms with van der Waals surface area (Å²) in [5.74, 6) is 0.307. The minimum Gasteiger partial charge on any atom is -0.508 e. The minimum absolute atomic E-state index is 0.0245. The number of hydrogen-bond donors (Lipinski definition) is 2. The summed E-state index contributed by atoms with van der Waals surface area (Å²) >= 11 is 0. The summed E-state index contributed by atoms with van der Waals surface area (Å²) in [6.07, 6.45) is 0.380. The summed E-state index contributed by atoms with van der Waals surface area (Å²) in [4.78, 5) is 13.7. The highest BCUT2D eigenvalue weighted by Crippen LogP contribution is 2.12. The van der Waals surface area contributed by atoms with Crippen LogP contribution in [0.25, 0.3) is 0 Å². The fourth-order valence-electron chi connectivity index (χ4n) is 2.06. The van der Waals surface area contributed by atoms with E-state index in [1.54, 1.807) is 24.1 Å². The van der Waals surface area contributed by atoms with Crippen LogP contribution in [0.5, 0.6) is 5.75 Å².